The number of hydrogen-bond donors (Lipinski definition) is 1. The average molecular weight is 657 g/mol. The number of ether oxygens (including phenoxy) is 2. The highest BCUT2D eigenvalue weighted by atomic mass is 16.5. The van der Waals surface area contributed by atoms with Gasteiger partial charge >= 0.3 is 11.9 Å². The van der Waals surface area contributed by atoms with Crippen molar-refractivity contribution in [2.75, 3.05) is 39.4 Å². The summed E-state index contributed by atoms with van der Waals surface area (Å²) < 4.78 is 10.3. The van der Waals surface area contributed by atoms with Crippen LogP contribution in [0.25, 0.3) is 21.5 Å². The molecule has 4 aromatic rings. The highest BCUT2D eigenvalue weighted by molar-refractivity contribution is 5.85. The lowest BCUT2D eigenvalue weighted by atomic mass is 9.96. The third kappa shape index (κ3) is 10.5. The maximum absolute atomic E-state index is 11.8. The molecular formula is C41H56N2O5. The Morgan fingerprint density at radius 3 is 1.48 bits per heavy atom. The van der Waals surface area contributed by atoms with Gasteiger partial charge in [0.1, 0.15) is 5.75 Å². The number of nitrogens with zero attached hydrogens (tertiary/aromatic N) is 2. The Bertz CT molecular complexity index is 1500. The van der Waals surface area contributed by atoms with Gasteiger partial charge in [-0.25, -0.2) is 0 Å². The van der Waals surface area contributed by atoms with Gasteiger partial charge in [0.2, 0.25) is 0 Å². The van der Waals surface area contributed by atoms with Crippen LogP contribution in [0.3, 0.4) is 0 Å². The Kier molecular flexibility index (Phi) is 14.9. The summed E-state index contributed by atoms with van der Waals surface area (Å²) in [5.41, 5.74) is 3.90. The van der Waals surface area contributed by atoms with Gasteiger partial charge in [0.05, 0.1) is 25.0 Å². The van der Waals surface area contributed by atoms with Gasteiger partial charge in [0.15, 0.2) is 0 Å². The highest BCUT2D eigenvalue weighted by Gasteiger charge is 2.27. The number of phenolic OH excluding ortho intramolecular Hbond substituents is 1. The van der Waals surface area contributed by atoms with E-state index < -0.39 is 0 Å². The van der Waals surface area contributed by atoms with Crippen LogP contribution in [0.15, 0.2) is 72.8 Å². The lowest BCUT2D eigenvalue weighted by Crippen LogP contribution is -2.36. The number of rotatable bonds is 8. The van der Waals surface area contributed by atoms with Crippen molar-refractivity contribution >= 4 is 33.5 Å². The summed E-state index contributed by atoms with van der Waals surface area (Å²) in [6, 6.07) is 25.1. The van der Waals surface area contributed by atoms with Gasteiger partial charge < -0.3 is 14.6 Å². The van der Waals surface area contributed by atoms with Crippen LogP contribution in [-0.2, 0) is 32.2 Å². The van der Waals surface area contributed by atoms with Crippen LogP contribution in [0.4, 0.5) is 0 Å². The lowest BCUT2D eigenvalue weighted by molar-refractivity contribution is -0.150. The Hall–Kier alpha value is -3.94. The third-order valence-electron chi connectivity index (χ3n) is 9.18. The molecule has 2 aliphatic heterocycles. The fourth-order valence-electron chi connectivity index (χ4n) is 6.58. The van der Waals surface area contributed by atoms with E-state index in [0.29, 0.717) is 19.0 Å². The molecule has 0 atom stereocenters. The van der Waals surface area contributed by atoms with Crippen molar-refractivity contribution in [3.63, 3.8) is 0 Å². The van der Waals surface area contributed by atoms with Gasteiger partial charge in [-0.3, -0.25) is 19.4 Å². The SMILES string of the molecule is C.C.CCOC(=O)C1CCN(Cc2ccc3cc(C)ccc3c2)CC1.CCOC(=O)C1CCN(Cc2ccc3cc(O)ccc3c2)CC1. The fraction of sp³-hybridized carbons (Fsp3) is 0.463. The number of aryl methyl sites for hydroxylation is 1. The molecule has 0 amide bonds. The van der Waals surface area contributed by atoms with Crippen LogP contribution in [0.5, 0.6) is 5.75 Å². The van der Waals surface area contributed by atoms with Crippen LogP contribution in [0, 0.1) is 18.8 Å². The monoisotopic (exact) mass is 656 g/mol. The Labute approximate surface area is 287 Å². The second kappa shape index (κ2) is 18.6. The van der Waals surface area contributed by atoms with Gasteiger partial charge in [0.25, 0.3) is 0 Å². The van der Waals surface area contributed by atoms with Crippen LogP contribution < -0.4 is 0 Å². The standard InChI is InChI=1S/C20H25NO2.C19H23NO3.2CH4/c1-3-23-20(22)17-8-10-21(11-9-17)14-16-5-7-18-12-15(2)4-6-19(18)13-16;1-2-23-19(22)15-7-9-20(10-8-15)13-14-3-4-17-12-18(21)6-5-16(17)11-14;;/h4-7,12-13,17H,3,8-11,14H2,1-2H3;3-6,11-12,15,21H,2,7-10,13H2,1H3;2*1H4. The molecule has 4 aromatic carbocycles. The molecule has 0 aromatic heterocycles. The Morgan fingerprint density at radius 1 is 0.625 bits per heavy atom. The minimum Gasteiger partial charge on any atom is -0.508 e. The quantitative estimate of drug-likeness (QED) is 0.191. The number of hydrogen-bond acceptors (Lipinski definition) is 7. The number of phenols is 1. The second-order valence-corrected chi connectivity index (χ2v) is 12.7. The summed E-state index contributed by atoms with van der Waals surface area (Å²) in [5.74, 6) is 0.383. The molecule has 48 heavy (non-hydrogen) atoms. The minimum absolute atomic E-state index is 0. The van der Waals surface area contributed by atoms with Crippen molar-refractivity contribution < 1.29 is 24.2 Å². The smallest absolute Gasteiger partial charge is 0.309 e. The lowest BCUT2D eigenvalue weighted by Gasteiger charge is -2.30. The molecule has 1 N–H and O–H groups in total. The topological polar surface area (TPSA) is 79.3 Å². The van der Waals surface area contributed by atoms with Gasteiger partial charge in [-0.2, -0.15) is 0 Å². The number of aromatic hydroxyl groups is 1. The van der Waals surface area contributed by atoms with Crippen LogP contribution in [-0.4, -0.2) is 66.2 Å². The number of esters is 2. The third-order valence-corrected chi connectivity index (χ3v) is 9.18. The van der Waals surface area contributed by atoms with E-state index in [0.717, 1.165) is 75.7 Å². The predicted molar refractivity (Wildman–Crippen MR) is 197 cm³/mol. The molecule has 0 spiro atoms. The van der Waals surface area contributed by atoms with Gasteiger partial charge in [-0.05, 0) is 130 Å². The van der Waals surface area contributed by atoms with Crippen molar-refractivity contribution in [3.05, 3.63) is 89.5 Å². The zero-order valence-corrected chi connectivity index (χ0v) is 27.5. The number of benzene rings is 4. The number of carbonyl (C=O) groups excluding carboxylic acids is 2. The van der Waals surface area contributed by atoms with E-state index in [1.54, 1.807) is 12.1 Å². The first-order valence-corrected chi connectivity index (χ1v) is 16.8. The molecule has 0 unspecified atom stereocenters. The normalized spacial score (nSPS) is 15.9. The van der Waals surface area contributed by atoms with E-state index in [4.69, 9.17) is 9.47 Å². The maximum atomic E-state index is 11.8. The van der Waals surface area contributed by atoms with E-state index in [2.05, 4.69) is 71.3 Å². The molecule has 0 radical (unpaired) electrons. The van der Waals surface area contributed by atoms with E-state index >= 15 is 0 Å². The predicted octanol–water partition coefficient (Wildman–Crippen LogP) is 8.52. The fourth-order valence-corrected chi connectivity index (χ4v) is 6.58. The highest BCUT2D eigenvalue weighted by Crippen LogP contribution is 2.25. The first kappa shape index (κ1) is 38.5. The van der Waals surface area contributed by atoms with Gasteiger partial charge in [-0.15, -0.1) is 0 Å². The van der Waals surface area contributed by atoms with Crippen LogP contribution in [0.2, 0.25) is 0 Å². The van der Waals surface area contributed by atoms with Gasteiger partial charge in [-0.1, -0.05) is 68.9 Å². The second-order valence-electron chi connectivity index (χ2n) is 12.7. The zero-order valence-electron chi connectivity index (χ0n) is 27.5. The number of piperidine rings is 2. The molecule has 7 heteroatoms. The Balaban J connectivity index is 0.000000250. The molecule has 2 fully saturated rings. The number of carbonyl (C=O) groups is 2. The first-order valence-electron chi connectivity index (χ1n) is 16.8. The maximum Gasteiger partial charge on any atom is 0.309 e. The van der Waals surface area contributed by atoms with Crippen molar-refractivity contribution in [2.24, 2.45) is 11.8 Å². The van der Waals surface area contributed by atoms with E-state index in [1.807, 2.05) is 19.9 Å². The Morgan fingerprint density at radius 2 is 1.02 bits per heavy atom. The largest absolute Gasteiger partial charge is 0.508 e. The van der Waals surface area contributed by atoms with Crippen molar-refractivity contribution in [1.82, 2.24) is 9.80 Å². The van der Waals surface area contributed by atoms with Crippen LogP contribution in [0.1, 0.15) is 71.1 Å². The summed E-state index contributed by atoms with van der Waals surface area (Å²) in [4.78, 5) is 28.4. The summed E-state index contributed by atoms with van der Waals surface area (Å²) in [6.07, 6.45) is 3.57. The zero-order chi connectivity index (χ0) is 32.5. The average Bonchev–Trinajstić information content (AvgIpc) is 3.06. The number of likely N-dealkylation sites (tertiary alicyclic amines) is 2. The van der Waals surface area contributed by atoms with Crippen molar-refractivity contribution in [1.29, 1.82) is 0 Å². The first-order chi connectivity index (χ1) is 22.3. The van der Waals surface area contributed by atoms with Crippen molar-refractivity contribution in [2.45, 2.75) is 74.4 Å². The summed E-state index contributed by atoms with van der Waals surface area (Å²) in [6.45, 7) is 12.4. The molecular weight excluding hydrogens is 600 g/mol. The van der Waals surface area contributed by atoms with E-state index in [1.165, 1.54) is 27.5 Å². The van der Waals surface area contributed by atoms with E-state index in [9.17, 15) is 14.7 Å². The molecule has 6 rings (SSSR count). The molecule has 7 nitrogen and oxygen atoms in total. The number of fused-ring (bicyclic) bond motifs is 2. The molecule has 2 aliphatic rings. The minimum atomic E-state index is -0.0438. The van der Waals surface area contributed by atoms with E-state index in [-0.39, 0.29) is 38.6 Å². The van der Waals surface area contributed by atoms with Gasteiger partial charge in [0, 0.05) is 13.1 Å². The molecule has 0 aliphatic carbocycles. The molecule has 0 saturated carbocycles. The summed E-state index contributed by atoms with van der Waals surface area (Å²) in [7, 11) is 0. The molecule has 0 bridgehead atoms. The summed E-state index contributed by atoms with van der Waals surface area (Å²) >= 11 is 0. The summed E-state index contributed by atoms with van der Waals surface area (Å²) in [5, 5.41) is 14.3. The molecule has 260 valence electrons. The van der Waals surface area contributed by atoms with Crippen molar-refractivity contribution in [3.8, 4) is 5.75 Å². The molecule has 2 heterocycles. The van der Waals surface area contributed by atoms with Crippen LogP contribution >= 0.6 is 0 Å². The molecule has 2 saturated heterocycles.